The van der Waals surface area contributed by atoms with E-state index in [0.29, 0.717) is 0 Å². The highest BCUT2D eigenvalue weighted by Crippen LogP contribution is 2.66. The fourth-order valence-electron chi connectivity index (χ4n) is 8.97. The van der Waals surface area contributed by atoms with Gasteiger partial charge < -0.3 is 0 Å². The van der Waals surface area contributed by atoms with Gasteiger partial charge >= 0.3 is 0 Å². The van der Waals surface area contributed by atoms with Crippen molar-refractivity contribution in [2.45, 2.75) is 15.2 Å². The maximum absolute atomic E-state index is 2.42. The Bertz CT molecular complexity index is 2630. The normalized spacial score (nSPS) is 16.3. The van der Waals surface area contributed by atoms with Gasteiger partial charge in [0.25, 0.3) is 0 Å². The summed E-state index contributed by atoms with van der Waals surface area (Å²) in [7, 11) is 0. The fourth-order valence-corrected chi connectivity index (χ4v) is 10.2. The lowest BCUT2D eigenvalue weighted by atomic mass is 9.68. The maximum atomic E-state index is 2.42. The Balaban J connectivity index is 1.31. The van der Waals surface area contributed by atoms with Gasteiger partial charge in [-0.15, -0.1) is 0 Å². The Morgan fingerprint density at radius 1 is 0.370 bits per heavy atom. The number of benzene rings is 8. The van der Waals surface area contributed by atoms with Gasteiger partial charge in [-0.1, -0.05) is 163 Å². The fraction of sp³-hybridized carbons (Fsp3) is 0.0222. The van der Waals surface area contributed by atoms with Crippen molar-refractivity contribution in [3.05, 3.63) is 180 Å². The molecule has 1 atom stereocenters. The molecule has 0 fully saturated rings. The lowest BCUT2D eigenvalue weighted by Crippen LogP contribution is -2.26. The Morgan fingerprint density at radius 2 is 0.978 bits per heavy atom. The van der Waals surface area contributed by atoms with E-state index in [0.717, 1.165) is 0 Å². The van der Waals surface area contributed by atoms with Crippen LogP contribution in [-0.2, 0) is 5.41 Å². The second-order valence-electron chi connectivity index (χ2n) is 12.7. The van der Waals surface area contributed by atoms with Crippen LogP contribution in [0.1, 0.15) is 22.3 Å². The molecule has 8 aromatic carbocycles. The summed E-state index contributed by atoms with van der Waals surface area (Å²) in [5.41, 5.74) is 15.8. The number of rotatable bonds is 1. The highest BCUT2D eigenvalue weighted by molar-refractivity contribution is 8.00. The molecule has 2 aliphatic carbocycles. The first kappa shape index (κ1) is 24.9. The first-order valence-corrected chi connectivity index (χ1v) is 16.8. The largest absolute Gasteiger partial charge is 0.0881 e. The highest BCUT2D eigenvalue weighted by atomic mass is 32.2. The highest BCUT2D eigenvalue weighted by Gasteiger charge is 2.53. The van der Waals surface area contributed by atoms with Gasteiger partial charge in [-0.3, -0.25) is 0 Å². The smallest absolute Gasteiger partial charge is 0.0731 e. The van der Waals surface area contributed by atoms with Crippen molar-refractivity contribution in [2.24, 2.45) is 0 Å². The molecule has 0 radical (unpaired) electrons. The predicted molar refractivity (Wildman–Crippen MR) is 193 cm³/mol. The summed E-state index contributed by atoms with van der Waals surface area (Å²) in [5, 5.41) is 5.27. The summed E-state index contributed by atoms with van der Waals surface area (Å²) in [6.07, 6.45) is 0. The summed E-state index contributed by atoms with van der Waals surface area (Å²) in [5.74, 6) is 0. The van der Waals surface area contributed by atoms with Crippen molar-refractivity contribution in [2.75, 3.05) is 0 Å². The van der Waals surface area contributed by atoms with Crippen LogP contribution in [0.4, 0.5) is 0 Å². The zero-order valence-electron chi connectivity index (χ0n) is 24.9. The maximum Gasteiger partial charge on any atom is 0.0731 e. The molecule has 1 heterocycles. The minimum absolute atomic E-state index is 0.420. The van der Waals surface area contributed by atoms with E-state index in [-0.39, 0.29) is 0 Å². The van der Waals surface area contributed by atoms with Crippen molar-refractivity contribution in [3.63, 3.8) is 0 Å². The van der Waals surface area contributed by atoms with Gasteiger partial charge in [0.1, 0.15) is 0 Å². The van der Waals surface area contributed by atoms with Crippen LogP contribution in [0, 0.1) is 0 Å². The number of hydrogen-bond acceptors (Lipinski definition) is 1. The number of fused-ring (bicyclic) bond motifs is 14. The zero-order chi connectivity index (χ0) is 30.0. The summed E-state index contributed by atoms with van der Waals surface area (Å²) >= 11 is 1.93. The van der Waals surface area contributed by atoms with Crippen LogP contribution in [0.2, 0.25) is 0 Å². The second-order valence-corrected chi connectivity index (χ2v) is 13.8. The zero-order valence-corrected chi connectivity index (χ0v) is 25.7. The van der Waals surface area contributed by atoms with Crippen LogP contribution in [0.25, 0.3) is 66.1 Å². The molecular formula is C45H26S. The average molecular weight is 599 g/mol. The van der Waals surface area contributed by atoms with Crippen molar-refractivity contribution in [1.82, 2.24) is 0 Å². The van der Waals surface area contributed by atoms with E-state index in [1.54, 1.807) is 0 Å². The van der Waals surface area contributed by atoms with Crippen LogP contribution >= 0.6 is 11.8 Å². The van der Waals surface area contributed by atoms with E-state index in [4.69, 9.17) is 0 Å². The molecular weight excluding hydrogens is 573 g/mol. The lowest BCUT2D eigenvalue weighted by Gasteiger charge is -2.33. The monoisotopic (exact) mass is 598 g/mol. The molecule has 0 aromatic heterocycles. The van der Waals surface area contributed by atoms with E-state index in [1.165, 1.54) is 98.1 Å². The van der Waals surface area contributed by atoms with E-state index in [2.05, 4.69) is 158 Å². The van der Waals surface area contributed by atoms with Gasteiger partial charge in [-0.25, -0.2) is 0 Å². The summed E-state index contributed by atoms with van der Waals surface area (Å²) in [6.45, 7) is 0. The van der Waals surface area contributed by atoms with E-state index >= 15 is 0 Å². The molecule has 11 rings (SSSR count). The molecule has 0 saturated heterocycles. The molecule has 8 aromatic rings. The first-order valence-electron chi connectivity index (χ1n) is 16.0. The average Bonchev–Trinajstić information content (AvgIpc) is 3.60. The van der Waals surface area contributed by atoms with E-state index < -0.39 is 5.41 Å². The third-order valence-electron chi connectivity index (χ3n) is 10.7. The second kappa shape index (κ2) is 8.88. The molecule has 1 heteroatoms. The Hall–Kier alpha value is -5.37. The molecule has 1 spiro atoms. The third kappa shape index (κ3) is 2.93. The standard InChI is InChI=1S/C45H26S/c1-2-13-29-27(11-1)24-26-39-42(29)36-16-4-7-21-38(36)45(39)37-20-6-3-14-30(37)33-18-10-19-34(43(33)45)35-25-23-28-12-9-17-32-31-15-5-8-22-40(31)46-44(35)41(28)32/h1-26H. The van der Waals surface area contributed by atoms with E-state index in [1.807, 2.05) is 11.8 Å². The van der Waals surface area contributed by atoms with Crippen LogP contribution in [0.3, 0.4) is 0 Å². The molecule has 0 bridgehead atoms. The molecule has 3 aliphatic rings. The van der Waals surface area contributed by atoms with Crippen LogP contribution in [-0.4, -0.2) is 0 Å². The molecule has 0 nitrogen and oxygen atoms in total. The molecule has 0 saturated carbocycles. The molecule has 212 valence electrons. The van der Waals surface area contributed by atoms with Crippen molar-refractivity contribution < 1.29 is 0 Å². The van der Waals surface area contributed by atoms with Gasteiger partial charge in [-0.05, 0) is 89.0 Å². The SMILES string of the molecule is c1ccc2c(c1)Sc1c(-c3cccc4c3C3(c5ccccc5-4)c4ccccc4-c4c3ccc3ccccc43)ccc3cccc-2c13. The first-order chi connectivity index (χ1) is 22.8. The minimum atomic E-state index is -0.420. The summed E-state index contributed by atoms with van der Waals surface area (Å²) in [4.78, 5) is 2.68. The van der Waals surface area contributed by atoms with Gasteiger partial charge in [0.05, 0.1) is 5.41 Å². The van der Waals surface area contributed by atoms with Crippen LogP contribution in [0.15, 0.2) is 168 Å². The Kier molecular flexibility index (Phi) is 4.80. The van der Waals surface area contributed by atoms with Crippen LogP contribution in [0.5, 0.6) is 0 Å². The molecule has 46 heavy (non-hydrogen) atoms. The van der Waals surface area contributed by atoms with Gasteiger partial charge in [0, 0.05) is 15.2 Å². The topological polar surface area (TPSA) is 0 Å². The summed E-state index contributed by atoms with van der Waals surface area (Å²) < 4.78 is 0. The molecule has 1 unspecified atom stereocenters. The molecule has 0 amide bonds. The summed E-state index contributed by atoms with van der Waals surface area (Å²) in [6, 6.07) is 59.4. The Morgan fingerprint density at radius 3 is 1.87 bits per heavy atom. The lowest BCUT2D eigenvalue weighted by molar-refractivity contribution is 0.796. The Labute approximate surface area is 272 Å². The van der Waals surface area contributed by atoms with Crippen molar-refractivity contribution in [1.29, 1.82) is 0 Å². The predicted octanol–water partition coefficient (Wildman–Crippen LogP) is 12.1. The van der Waals surface area contributed by atoms with E-state index in [9.17, 15) is 0 Å². The van der Waals surface area contributed by atoms with Gasteiger partial charge in [0.15, 0.2) is 0 Å². The van der Waals surface area contributed by atoms with Crippen molar-refractivity contribution >= 4 is 33.3 Å². The van der Waals surface area contributed by atoms with Crippen LogP contribution < -0.4 is 0 Å². The van der Waals surface area contributed by atoms with Gasteiger partial charge in [-0.2, -0.15) is 0 Å². The minimum Gasteiger partial charge on any atom is -0.0881 e. The molecule has 0 N–H and O–H groups in total. The number of hydrogen-bond donors (Lipinski definition) is 0. The van der Waals surface area contributed by atoms with Gasteiger partial charge in [0.2, 0.25) is 0 Å². The third-order valence-corrected chi connectivity index (χ3v) is 11.9. The quantitative estimate of drug-likeness (QED) is 0.181. The van der Waals surface area contributed by atoms with Crippen molar-refractivity contribution in [3.8, 4) is 44.5 Å². The molecule has 1 aliphatic heterocycles.